The lowest BCUT2D eigenvalue weighted by Gasteiger charge is -2.03. The molecule has 0 rings (SSSR count). The molecule has 0 aliphatic heterocycles. The van der Waals surface area contributed by atoms with Gasteiger partial charge in [0.2, 0.25) is 0 Å². The highest BCUT2D eigenvalue weighted by Gasteiger charge is 1.94. The third-order valence-corrected chi connectivity index (χ3v) is 4.86. The molecule has 0 unspecified atom stereocenters. The van der Waals surface area contributed by atoms with Gasteiger partial charge in [0.1, 0.15) is 0 Å². The molecule has 154 valence electrons. The number of rotatable bonds is 18. The van der Waals surface area contributed by atoms with Gasteiger partial charge in [-0.3, -0.25) is 4.79 Å². The van der Waals surface area contributed by atoms with E-state index in [9.17, 15) is 4.79 Å². The van der Waals surface area contributed by atoms with E-state index in [-0.39, 0.29) is 6.42 Å². The predicted molar refractivity (Wildman–Crippen MR) is 117 cm³/mol. The Morgan fingerprint density at radius 1 is 0.593 bits per heavy atom. The van der Waals surface area contributed by atoms with Crippen LogP contribution in [0.25, 0.3) is 0 Å². The molecular weight excluding hydrogens is 332 g/mol. The molecule has 0 saturated heterocycles. The maximum atomic E-state index is 10.3. The van der Waals surface area contributed by atoms with Gasteiger partial charge in [0.05, 0.1) is 6.42 Å². The van der Waals surface area contributed by atoms with Crippen LogP contribution in [-0.2, 0) is 4.79 Å². The van der Waals surface area contributed by atoms with Gasteiger partial charge < -0.3 is 5.11 Å². The summed E-state index contributed by atoms with van der Waals surface area (Å²) >= 11 is 0. The van der Waals surface area contributed by atoms with Crippen molar-refractivity contribution in [2.45, 2.75) is 129 Å². The summed E-state index contributed by atoms with van der Waals surface area (Å²) in [5.74, 6) is 10.5. The number of hydrogen-bond acceptors (Lipinski definition) is 1. The molecule has 0 aliphatic rings. The Bertz CT molecular complexity index is 444. The van der Waals surface area contributed by atoms with E-state index >= 15 is 0 Å². The van der Waals surface area contributed by atoms with Crippen molar-refractivity contribution in [1.29, 1.82) is 0 Å². The van der Waals surface area contributed by atoms with Crippen molar-refractivity contribution in [3.05, 3.63) is 0 Å². The van der Waals surface area contributed by atoms with Crippen LogP contribution in [0.4, 0.5) is 0 Å². The molecular formula is C25H42O2. The van der Waals surface area contributed by atoms with Crippen LogP contribution in [0.5, 0.6) is 0 Å². The van der Waals surface area contributed by atoms with Crippen LogP contribution in [0, 0.1) is 23.7 Å². The Morgan fingerprint density at radius 3 is 1.37 bits per heavy atom. The van der Waals surface area contributed by atoms with E-state index in [4.69, 9.17) is 5.11 Å². The Morgan fingerprint density at radius 2 is 0.963 bits per heavy atom. The Balaban J connectivity index is 3.16. The molecule has 0 bridgehead atoms. The van der Waals surface area contributed by atoms with Gasteiger partial charge in [0.15, 0.2) is 0 Å². The smallest absolute Gasteiger partial charge is 0.304 e. The van der Waals surface area contributed by atoms with Gasteiger partial charge >= 0.3 is 5.97 Å². The van der Waals surface area contributed by atoms with E-state index in [2.05, 4.69) is 30.6 Å². The van der Waals surface area contributed by atoms with Gasteiger partial charge in [-0.05, 0) is 18.3 Å². The maximum absolute atomic E-state index is 10.3. The van der Waals surface area contributed by atoms with E-state index in [0.29, 0.717) is 6.42 Å². The highest BCUT2D eigenvalue weighted by Crippen LogP contribution is 2.13. The third-order valence-electron chi connectivity index (χ3n) is 4.86. The number of carboxylic acids is 1. The molecule has 0 spiro atoms. The van der Waals surface area contributed by atoms with Crippen molar-refractivity contribution in [1.82, 2.24) is 0 Å². The van der Waals surface area contributed by atoms with Gasteiger partial charge in [-0.2, -0.15) is 0 Å². The summed E-state index contributed by atoms with van der Waals surface area (Å²) in [5, 5.41) is 8.48. The Kier molecular flexibility index (Phi) is 21.4. The predicted octanol–water partition coefficient (Wildman–Crippen LogP) is 7.51. The molecule has 0 aromatic rings. The van der Waals surface area contributed by atoms with Crippen LogP contribution in [0.3, 0.4) is 0 Å². The number of hydrogen-bond donors (Lipinski definition) is 1. The fourth-order valence-electron chi connectivity index (χ4n) is 3.14. The molecule has 0 radical (unpaired) electrons. The number of carboxylic acid groups (broad SMARTS) is 1. The zero-order valence-electron chi connectivity index (χ0n) is 17.8. The van der Waals surface area contributed by atoms with Crippen LogP contribution in [0.2, 0.25) is 0 Å². The van der Waals surface area contributed by atoms with E-state index in [0.717, 1.165) is 12.8 Å². The second-order valence-electron chi connectivity index (χ2n) is 7.55. The van der Waals surface area contributed by atoms with E-state index in [1.807, 2.05) is 0 Å². The zero-order chi connectivity index (χ0) is 19.8. The zero-order valence-corrected chi connectivity index (χ0v) is 17.8. The van der Waals surface area contributed by atoms with Gasteiger partial charge in [-0.1, -0.05) is 115 Å². The first-order chi connectivity index (χ1) is 13.3. The first-order valence-electron chi connectivity index (χ1n) is 11.4. The van der Waals surface area contributed by atoms with Crippen LogP contribution in [0.15, 0.2) is 0 Å². The second-order valence-corrected chi connectivity index (χ2v) is 7.55. The summed E-state index contributed by atoms with van der Waals surface area (Å²) in [6, 6.07) is 0. The summed E-state index contributed by atoms with van der Waals surface area (Å²) in [7, 11) is 0. The van der Waals surface area contributed by atoms with Crippen molar-refractivity contribution in [2.75, 3.05) is 0 Å². The first-order valence-corrected chi connectivity index (χ1v) is 11.4. The molecule has 0 heterocycles. The summed E-state index contributed by atoms with van der Waals surface area (Å²) < 4.78 is 0. The molecule has 2 nitrogen and oxygen atoms in total. The van der Waals surface area contributed by atoms with E-state index in [1.165, 1.54) is 96.3 Å². The van der Waals surface area contributed by atoms with Gasteiger partial charge in [-0.25, -0.2) is 0 Å². The Labute approximate surface area is 168 Å². The van der Waals surface area contributed by atoms with Gasteiger partial charge in [0, 0.05) is 12.8 Å². The van der Waals surface area contributed by atoms with Crippen molar-refractivity contribution in [3.8, 4) is 23.7 Å². The minimum absolute atomic E-state index is 0.105. The highest BCUT2D eigenvalue weighted by molar-refractivity contribution is 5.67. The normalized spacial score (nSPS) is 9.96. The molecule has 0 aromatic carbocycles. The first kappa shape index (κ1) is 25.6. The molecule has 0 saturated carbocycles. The van der Waals surface area contributed by atoms with Crippen LogP contribution in [0.1, 0.15) is 129 Å². The summed E-state index contributed by atoms with van der Waals surface area (Å²) in [5.41, 5.74) is 0. The number of aliphatic carboxylic acids is 1. The number of carbonyl (C=O) groups is 1. The van der Waals surface area contributed by atoms with Crippen LogP contribution in [-0.4, -0.2) is 11.1 Å². The lowest BCUT2D eigenvalue weighted by atomic mass is 10.0. The average molecular weight is 375 g/mol. The summed E-state index contributed by atoms with van der Waals surface area (Å²) in [6.45, 7) is 2.28. The van der Waals surface area contributed by atoms with Gasteiger partial charge in [0.25, 0.3) is 0 Å². The third kappa shape index (κ3) is 24.6. The molecule has 2 heteroatoms. The Hall–Kier alpha value is -1.41. The molecule has 0 aromatic heterocycles. The minimum Gasteiger partial charge on any atom is -0.481 e. The van der Waals surface area contributed by atoms with Crippen molar-refractivity contribution in [3.63, 3.8) is 0 Å². The van der Waals surface area contributed by atoms with Gasteiger partial charge in [-0.15, -0.1) is 0 Å². The van der Waals surface area contributed by atoms with E-state index in [1.54, 1.807) is 0 Å². The fraction of sp³-hybridized carbons (Fsp3) is 0.800. The minimum atomic E-state index is -0.801. The van der Waals surface area contributed by atoms with Crippen LogP contribution < -0.4 is 0 Å². The molecule has 1 N–H and O–H groups in total. The van der Waals surface area contributed by atoms with Crippen molar-refractivity contribution < 1.29 is 9.90 Å². The lowest BCUT2D eigenvalue weighted by molar-refractivity contribution is -0.136. The molecule has 0 aliphatic carbocycles. The number of unbranched alkanes of at least 4 members (excludes halogenated alkanes) is 16. The van der Waals surface area contributed by atoms with Crippen molar-refractivity contribution >= 4 is 5.97 Å². The SMILES string of the molecule is CCCCCCCCCCCCCCCCCCC#CC#CCCC(=O)O. The average Bonchev–Trinajstić information content (AvgIpc) is 2.65. The monoisotopic (exact) mass is 374 g/mol. The second kappa shape index (κ2) is 22.6. The lowest BCUT2D eigenvalue weighted by Crippen LogP contribution is -1.91. The standard InChI is InChI=1S/C25H42O2/c1-2-3-4-5-6-7-8-9-10-11-12-13-14-15-16-17-18-19-20-21-22-23-24-25(26)27/h2-18,23-24H2,1H3,(H,26,27). The molecule has 0 amide bonds. The quantitative estimate of drug-likeness (QED) is 0.199. The molecule has 0 atom stereocenters. The molecule has 0 fully saturated rings. The maximum Gasteiger partial charge on any atom is 0.304 e. The topological polar surface area (TPSA) is 37.3 Å². The summed E-state index contributed by atoms with van der Waals surface area (Å²) in [6.07, 6.45) is 23.6. The van der Waals surface area contributed by atoms with Crippen molar-refractivity contribution in [2.24, 2.45) is 0 Å². The molecule has 27 heavy (non-hydrogen) atoms. The fourth-order valence-corrected chi connectivity index (χ4v) is 3.14. The van der Waals surface area contributed by atoms with E-state index < -0.39 is 5.97 Å². The van der Waals surface area contributed by atoms with Crippen LogP contribution >= 0.6 is 0 Å². The largest absolute Gasteiger partial charge is 0.481 e. The summed E-state index contributed by atoms with van der Waals surface area (Å²) in [4.78, 5) is 10.3. The highest BCUT2D eigenvalue weighted by atomic mass is 16.4.